The highest BCUT2D eigenvalue weighted by Crippen LogP contribution is 2.31. The second kappa shape index (κ2) is 6.03. The maximum atomic E-state index is 12.4. The summed E-state index contributed by atoms with van der Waals surface area (Å²) < 4.78 is 5.08. The molecule has 0 aromatic heterocycles. The third kappa shape index (κ3) is 3.09. The molecular formula is C15H21N3O3. The predicted octanol–water partition coefficient (Wildman–Crippen LogP) is 1.68. The van der Waals surface area contributed by atoms with E-state index in [4.69, 9.17) is 15.7 Å². The number of nitrogens with two attached hydrogens (primary N) is 1. The van der Waals surface area contributed by atoms with Gasteiger partial charge in [-0.15, -0.1) is 0 Å². The summed E-state index contributed by atoms with van der Waals surface area (Å²) in [6, 6.07) is 7.08. The Morgan fingerprint density at radius 3 is 2.38 bits per heavy atom. The first kappa shape index (κ1) is 15.2. The van der Waals surface area contributed by atoms with E-state index in [9.17, 15) is 4.79 Å². The number of rotatable bonds is 3. The van der Waals surface area contributed by atoms with Crippen LogP contribution in [0.2, 0.25) is 0 Å². The van der Waals surface area contributed by atoms with Gasteiger partial charge in [0.05, 0.1) is 7.11 Å². The van der Waals surface area contributed by atoms with Gasteiger partial charge < -0.3 is 20.6 Å². The average molecular weight is 291 g/mol. The molecule has 1 aliphatic heterocycles. The Morgan fingerprint density at radius 2 is 1.90 bits per heavy atom. The maximum Gasteiger partial charge on any atom is 0.253 e. The van der Waals surface area contributed by atoms with Crippen molar-refractivity contribution in [2.24, 2.45) is 16.3 Å². The molecule has 0 atom stereocenters. The minimum atomic E-state index is -0.342. The van der Waals surface area contributed by atoms with Crippen LogP contribution < -0.4 is 10.5 Å². The van der Waals surface area contributed by atoms with Crippen molar-refractivity contribution >= 4 is 11.7 Å². The Morgan fingerprint density at radius 1 is 1.33 bits per heavy atom. The molecule has 0 bridgehead atoms. The third-order valence-corrected chi connectivity index (χ3v) is 4.22. The lowest BCUT2D eigenvalue weighted by Gasteiger charge is -2.38. The minimum Gasteiger partial charge on any atom is -0.497 e. The molecule has 1 aromatic rings. The maximum absolute atomic E-state index is 12.4. The van der Waals surface area contributed by atoms with Crippen molar-refractivity contribution in [3.05, 3.63) is 29.8 Å². The topological polar surface area (TPSA) is 88.2 Å². The van der Waals surface area contributed by atoms with Gasteiger partial charge in [0.2, 0.25) is 0 Å². The van der Waals surface area contributed by atoms with Gasteiger partial charge >= 0.3 is 0 Å². The number of carbonyl (C=O) groups is 1. The molecule has 3 N–H and O–H groups in total. The van der Waals surface area contributed by atoms with Gasteiger partial charge in [-0.25, -0.2) is 0 Å². The van der Waals surface area contributed by atoms with Gasteiger partial charge in [-0.3, -0.25) is 4.79 Å². The Labute approximate surface area is 124 Å². The van der Waals surface area contributed by atoms with E-state index in [0.29, 0.717) is 31.5 Å². The lowest BCUT2D eigenvalue weighted by atomic mass is 9.79. The van der Waals surface area contributed by atoms with Crippen molar-refractivity contribution in [1.82, 2.24) is 4.90 Å². The van der Waals surface area contributed by atoms with Crippen molar-refractivity contribution in [3.8, 4) is 5.75 Å². The van der Waals surface area contributed by atoms with Gasteiger partial charge in [0.25, 0.3) is 5.91 Å². The van der Waals surface area contributed by atoms with Gasteiger partial charge in [0, 0.05) is 24.1 Å². The fourth-order valence-electron chi connectivity index (χ4n) is 2.50. The van der Waals surface area contributed by atoms with Crippen LogP contribution >= 0.6 is 0 Å². The first-order valence-corrected chi connectivity index (χ1v) is 6.91. The number of amidine groups is 1. The van der Waals surface area contributed by atoms with Crippen LogP contribution in [0.15, 0.2) is 29.4 Å². The molecule has 1 aromatic carbocycles. The van der Waals surface area contributed by atoms with E-state index in [0.717, 1.165) is 5.75 Å². The number of hydrogen-bond donors (Lipinski definition) is 2. The number of oxime groups is 1. The second-order valence-electron chi connectivity index (χ2n) is 5.57. The number of amides is 1. The highest BCUT2D eigenvalue weighted by molar-refractivity contribution is 5.94. The van der Waals surface area contributed by atoms with E-state index in [1.54, 1.807) is 36.3 Å². The summed E-state index contributed by atoms with van der Waals surface area (Å²) in [5.74, 6) is 0.961. The molecule has 1 aliphatic rings. The minimum absolute atomic E-state index is 0.000730. The Kier molecular flexibility index (Phi) is 4.35. The normalized spacial score (nSPS) is 18.4. The molecule has 1 saturated heterocycles. The molecule has 0 radical (unpaired) electrons. The Hall–Kier alpha value is -2.24. The van der Waals surface area contributed by atoms with E-state index in [1.165, 1.54) is 0 Å². The lowest BCUT2D eigenvalue weighted by Crippen LogP contribution is -2.47. The summed E-state index contributed by atoms with van der Waals surface area (Å²) in [6.07, 6.45) is 1.37. The molecule has 1 amide bonds. The molecule has 1 heterocycles. The molecule has 0 aliphatic carbocycles. The van der Waals surface area contributed by atoms with E-state index >= 15 is 0 Å². The van der Waals surface area contributed by atoms with E-state index in [1.807, 2.05) is 6.92 Å². The monoisotopic (exact) mass is 291 g/mol. The van der Waals surface area contributed by atoms with Crippen LogP contribution in [0.25, 0.3) is 0 Å². The van der Waals surface area contributed by atoms with Crippen molar-refractivity contribution in [1.29, 1.82) is 0 Å². The zero-order valence-corrected chi connectivity index (χ0v) is 12.4. The number of likely N-dealkylation sites (tertiary alicyclic amines) is 1. The quantitative estimate of drug-likeness (QED) is 0.384. The van der Waals surface area contributed by atoms with Gasteiger partial charge in [-0.1, -0.05) is 12.1 Å². The molecule has 0 unspecified atom stereocenters. The largest absolute Gasteiger partial charge is 0.497 e. The number of ether oxygens (including phenoxy) is 1. The molecule has 6 heteroatoms. The van der Waals surface area contributed by atoms with Gasteiger partial charge in [-0.2, -0.15) is 0 Å². The summed E-state index contributed by atoms with van der Waals surface area (Å²) in [6.45, 7) is 3.15. The molecular weight excluding hydrogens is 270 g/mol. The Bertz CT molecular complexity index is 532. The fraction of sp³-hybridized carbons (Fsp3) is 0.467. The van der Waals surface area contributed by atoms with Crippen LogP contribution in [0.5, 0.6) is 5.75 Å². The number of piperidine rings is 1. The van der Waals surface area contributed by atoms with Crippen LogP contribution in [0.4, 0.5) is 0 Å². The van der Waals surface area contributed by atoms with Gasteiger partial charge in [-0.05, 0) is 37.1 Å². The molecule has 0 saturated carbocycles. The van der Waals surface area contributed by atoms with Crippen molar-refractivity contribution in [2.75, 3.05) is 20.2 Å². The number of hydrogen-bond acceptors (Lipinski definition) is 4. The van der Waals surface area contributed by atoms with E-state index in [2.05, 4.69) is 5.16 Å². The standard InChI is InChI=1S/C15H21N3O3/c1-15(14(16)17-20)7-9-18(10-8-15)13(19)11-3-5-12(21-2)6-4-11/h3-6,20H,7-10H2,1-2H3,(H2,16,17). The highest BCUT2D eigenvalue weighted by Gasteiger charge is 2.35. The summed E-state index contributed by atoms with van der Waals surface area (Å²) in [4.78, 5) is 14.2. The number of methoxy groups -OCH3 is 1. The third-order valence-electron chi connectivity index (χ3n) is 4.22. The fourth-order valence-corrected chi connectivity index (χ4v) is 2.50. The van der Waals surface area contributed by atoms with Crippen LogP contribution in [-0.4, -0.2) is 42.0 Å². The number of carbonyl (C=O) groups excluding carboxylic acids is 1. The highest BCUT2D eigenvalue weighted by atomic mass is 16.5. The Balaban J connectivity index is 2.03. The molecule has 0 spiro atoms. The summed E-state index contributed by atoms with van der Waals surface area (Å²) in [5, 5.41) is 11.9. The van der Waals surface area contributed by atoms with Crippen LogP contribution in [0.1, 0.15) is 30.1 Å². The first-order valence-electron chi connectivity index (χ1n) is 6.91. The number of nitrogens with zero attached hydrogens (tertiary/aromatic N) is 2. The van der Waals surface area contributed by atoms with Gasteiger partial charge in [0.1, 0.15) is 11.6 Å². The van der Waals surface area contributed by atoms with Crippen LogP contribution in [0, 0.1) is 5.41 Å². The number of benzene rings is 1. The predicted molar refractivity (Wildman–Crippen MR) is 79.6 cm³/mol. The van der Waals surface area contributed by atoms with Crippen molar-refractivity contribution < 1.29 is 14.7 Å². The zero-order chi connectivity index (χ0) is 15.5. The summed E-state index contributed by atoms with van der Waals surface area (Å²) >= 11 is 0. The molecule has 2 rings (SSSR count). The van der Waals surface area contributed by atoms with E-state index in [-0.39, 0.29) is 17.2 Å². The first-order chi connectivity index (χ1) is 10.00. The second-order valence-corrected chi connectivity index (χ2v) is 5.57. The van der Waals surface area contributed by atoms with E-state index < -0.39 is 0 Å². The molecule has 6 nitrogen and oxygen atoms in total. The van der Waals surface area contributed by atoms with Gasteiger partial charge in [0.15, 0.2) is 0 Å². The molecule has 1 fully saturated rings. The van der Waals surface area contributed by atoms with Crippen LogP contribution in [-0.2, 0) is 0 Å². The summed E-state index contributed by atoms with van der Waals surface area (Å²) in [5.41, 5.74) is 6.03. The lowest BCUT2D eigenvalue weighted by molar-refractivity contribution is 0.0666. The molecule has 114 valence electrons. The molecule has 21 heavy (non-hydrogen) atoms. The van der Waals surface area contributed by atoms with Crippen LogP contribution in [0.3, 0.4) is 0 Å². The average Bonchev–Trinajstić information content (AvgIpc) is 2.54. The van der Waals surface area contributed by atoms with Crippen molar-refractivity contribution in [3.63, 3.8) is 0 Å². The smallest absolute Gasteiger partial charge is 0.253 e. The zero-order valence-electron chi connectivity index (χ0n) is 12.4. The SMILES string of the molecule is COc1ccc(C(=O)N2CCC(C)(/C(N)=N/O)CC2)cc1. The summed E-state index contributed by atoms with van der Waals surface area (Å²) in [7, 11) is 1.59. The van der Waals surface area contributed by atoms with Crippen molar-refractivity contribution in [2.45, 2.75) is 19.8 Å².